The molecule has 84 valence electrons. The fraction of sp³-hybridized carbons (Fsp3) is 0.727. The molecule has 0 radical (unpaired) electrons. The number of hydrogen-bond acceptors (Lipinski definition) is 4. The molecule has 0 aromatic carbocycles. The molecule has 1 aliphatic rings. The first-order valence-electron chi connectivity index (χ1n) is 5.45. The molecule has 0 bridgehead atoms. The molecular formula is C11H18N2OS. The van der Waals surface area contributed by atoms with E-state index in [9.17, 15) is 0 Å². The van der Waals surface area contributed by atoms with Crippen LogP contribution in [0.25, 0.3) is 0 Å². The molecule has 1 N–H and O–H groups in total. The lowest BCUT2D eigenvalue weighted by Gasteiger charge is -2.22. The third-order valence-corrected chi connectivity index (χ3v) is 3.57. The van der Waals surface area contributed by atoms with Crippen molar-refractivity contribution in [2.75, 3.05) is 13.7 Å². The predicted molar refractivity (Wildman–Crippen MR) is 62.1 cm³/mol. The highest BCUT2D eigenvalue weighted by atomic mass is 32.1. The molecular weight excluding hydrogens is 208 g/mol. The van der Waals surface area contributed by atoms with Crippen LogP contribution < -0.4 is 5.32 Å². The summed E-state index contributed by atoms with van der Waals surface area (Å²) in [6, 6.07) is 1.07. The van der Waals surface area contributed by atoms with E-state index in [1.165, 1.54) is 17.8 Å². The Morgan fingerprint density at radius 1 is 1.67 bits per heavy atom. The van der Waals surface area contributed by atoms with E-state index in [1.807, 2.05) is 11.6 Å². The third-order valence-electron chi connectivity index (χ3n) is 2.71. The number of rotatable bonds is 6. The van der Waals surface area contributed by atoms with Gasteiger partial charge in [0.15, 0.2) is 0 Å². The first-order chi connectivity index (χ1) is 7.31. The fourth-order valence-corrected chi connectivity index (χ4v) is 2.56. The molecule has 1 fully saturated rings. The number of methoxy groups -OCH3 is 1. The topological polar surface area (TPSA) is 34.1 Å². The number of ether oxygens (including phenoxy) is 1. The Hall–Kier alpha value is -0.450. The Morgan fingerprint density at radius 3 is 3.00 bits per heavy atom. The molecule has 1 heterocycles. The summed E-state index contributed by atoms with van der Waals surface area (Å²) in [5, 5.41) is 6.87. The molecule has 0 aliphatic heterocycles. The van der Waals surface area contributed by atoms with Crippen molar-refractivity contribution in [3.8, 4) is 0 Å². The Labute approximate surface area is 94.9 Å². The van der Waals surface area contributed by atoms with Gasteiger partial charge in [0.1, 0.15) is 5.01 Å². The second-order valence-electron chi connectivity index (χ2n) is 4.22. The molecule has 1 aromatic heterocycles. The molecule has 4 heteroatoms. The lowest BCUT2D eigenvalue weighted by atomic mass is 10.0. The van der Waals surface area contributed by atoms with E-state index < -0.39 is 0 Å². The SMILES string of the molecule is COCC(C)C(NC1CC1)c1nccs1. The molecule has 0 amide bonds. The van der Waals surface area contributed by atoms with Crippen molar-refractivity contribution in [1.82, 2.24) is 10.3 Å². The van der Waals surface area contributed by atoms with E-state index >= 15 is 0 Å². The average Bonchev–Trinajstić information content (AvgIpc) is 2.88. The Morgan fingerprint density at radius 2 is 2.47 bits per heavy atom. The molecule has 15 heavy (non-hydrogen) atoms. The second-order valence-corrected chi connectivity index (χ2v) is 5.15. The van der Waals surface area contributed by atoms with Crippen LogP contribution in [0.4, 0.5) is 0 Å². The van der Waals surface area contributed by atoms with Gasteiger partial charge >= 0.3 is 0 Å². The van der Waals surface area contributed by atoms with Gasteiger partial charge in [-0.3, -0.25) is 0 Å². The second kappa shape index (κ2) is 5.05. The summed E-state index contributed by atoms with van der Waals surface area (Å²) >= 11 is 1.73. The minimum atomic E-state index is 0.359. The van der Waals surface area contributed by atoms with Crippen LogP contribution in [0.5, 0.6) is 0 Å². The van der Waals surface area contributed by atoms with Crippen molar-refractivity contribution in [1.29, 1.82) is 0 Å². The molecule has 2 unspecified atom stereocenters. The summed E-state index contributed by atoms with van der Waals surface area (Å²) < 4.78 is 5.22. The molecule has 1 aliphatic carbocycles. The Bertz CT molecular complexity index is 285. The maximum absolute atomic E-state index is 5.22. The number of thiazole rings is 1. The monoisotopic (exact) mass is 226 g/mol. The first-order valence-corrected chi connectivity index (χ1v) is 6.33. The van der Waals surface area contributed by atoms with Crippen molar-refractivity contribution in [2.24, 2.45) is 5.92 Å². The first kappa shape index (κ1) is 11.0. The predicted octanol–water partition coefficient (Wildman–Crippen LogP) is 2.22. The van der Waals surface area contributed by atoms with Gasteiger partial charge in [-0.15, -0.1) is 11.3 Å². The summed E-state index contributed by atoms with van der Waals surface area (Å²) in [6.45, 7) is 2.99. The van der Waals surface area contributed by atoms with Gasteiger partial charge in [-0.05, 0) is 12.8 Å². The van der Waals surface area contributed by atoms with Crippen LogP contribution in [-0.4, -0.2) is 24.7 Å². The minimum Gasteiger partial charge on any atom is -0.384 e. The van der Waals surface area contributed by atoms with Crippen LogP contribution in [0.3, 0.4) is 0 Å². The number of nitrogens with zero attached hydrogens (tertiary/aromatic N) is 1. The minimum absolute atomic E-state index is 0.359. The van der Waals surface area contributed by atoms with E-state index in [0.29, 0.717) is 18.0 Å². The highest BCUT2D eigenvalue weighted by Crippen LogP contribution is 2.29. The van der Waals surface area contributed by atoms with Crippen molar-refractivity contribution >= 4 is 11.3 Å². The molecule has 2 atom stereocenters. The van der Waals surface area contributed by atoms with E-state index in [4.69, 9.17) is 4.74 Å². The maximum atomic E-state index is 5.22. The molecule has 0 spiro atoms. The highest BCUT2D eigenvalue weighted by Gasteiger charge is 2.29. The largest absolute Gasteiger partial charge is 0.384 e. The number of aromatic nitrogens is 1. The Kier molecular flexibility index (Phi) is 3.72. The zero-order chi connectivity index (χ0) is 10.7. The molecule has 3 nitrogen and oxygen atoms in total. The summed E-state index contributed by atoms with van der Waals surface area (Å²) in [5.74, 6) is 0.474. The van der Waals surface area contributed by atoms with Gasteiger partial charge < -0.3 is 10.1 Å². The van der Waals surface area contributed by atoms with Crippen molar-refractivity contribution in [3.05, 3.63) is 16.6 Å². The zero-order valence-electron chi connectivity index (χ0n) is 9.27. The highest BCUT2D eigenvalue weighted by molar-refractivity contribution is 7.09. The summed E-state index contributed by atoms with van der Waals surface area (Å²) in [5.41, 5.74) is 0. The van der Waals surface area contributed by atoms with Gasteiger partial charge in [-0.2, -0.15) is 0 Å². The van der Waals surface area contributed by atoms with Crippen molar-refractivity contribution < 1.29 is 4.74 Å². The van der Waals surface area contributed by atoms with Gasteiger partial charge in [0.05, 0.1) is 12.6 Å². The van der Waals surface area contributed by atoms with Crippen LogP contribution >= 0.6 is 11.3 Å². The smallest absolute Gasteiger partial charge is 0.110 e. The van der Waals surface area contributed by atoms with Gasteiger partial charge in [0.2, 0.25) is 0 Å². The molecule has 0 saturated heterocycles. The third kappa shape index (κ3) is 3.00. The molecule has 1 saturated carbocycles. The quantitative estimate of drug-likeness (QED) is 0.807. The summed E-state index contributed by atoms with van der Waals surface area (Å²) in [7, 11) is 1.76. The van der Waals surface area contributed by atoms with Crippen LogP contribution in [-0.2, 0) is 4.74 Å². The molecule has 1 aromatic rings. The van der Waals surface area contributed by atoms with E-state index in [0.717, 1.165) is 6.61 Å². The zero-order valence-corrected chi connectivity index (χ0v) is 10.1. The summed E-state index contributed by atoms with van der Waals surface area (Å²) in [4.78, 5) is 4.40. The van der Waals surface area contributed by atoms with Crippen molar-refractivity contribution in [2.45, 2.75) is 31.8 Å². The maximum Gasteiger partial charge on any atom is 0.110 e. The van der Waals surface area contributed by atoms with Gasteiger partial charge in [0, 0.05) is 30.6 Å². The van der Waals surface area contributed by atoms with E-state index in [1.54, 1.807) is 18.4 Å². The van der Waals surface area contributed by atoms with Crippen LogP contribution in [0.2, 0.25) is 0 Å². The van der Waals surface area contributed by atoms with Gasteiger partial charge in [-0.25, -0.2) is 4.98 Å². The van der Waals surface area contributed by atoms with E-state index in [2.05, 4.69) is 17.2 Å². The lowest BCUT2D eigenvalue weighted by Crippen LogP contribution is -2.30. The Balaban J connectivity index is 2.01. The standard InChI is InChI=1S/C11H18N2OS/c1-8(7-14-2)10(13-9-3-4-9)11-12-5-6-15-11/h5-6,8-10,13H,3-4,7H2,1-2H3. The molecule has 2 rings (SSSR count). The van der Waals surface area contributed by atoms with Crippen molar-refractivity contribution in [3.63, 3.8) is 0 Å². The number of nitrogens with one attached hydrogen (secondary N) is 1. The van der Waals surface area contributed by atoms with Gasteiger partial charge in [0.25, 0.3) is 0 Å². The average molecular weight is 226 g/mol. The van der Waals surface area contributed by atoms with Gasteiger partial charge in [-0.1, -0.05) is 6.92 Å². The van der Waals surface area contributed by atoms with Crippen LogP contribution in [0.15, 0.2) is 11.6 Å². The summed E-state index contributed by atoms with van der Waals surface area (Å²) in [6.07, 6.45) is 4.49. The lowest BCUT2D eigenvalue weighted by molar-refractivity contribution is 0.138. The van der Waals surface area contributed by atoms with Crippen LogP contribution in [0.1, 0.15) is 30.8 Å². The van der Waals surface area contributed by atoms with E-state index in [-0.39, 0.29) is 0 Å². The fourth-order valence-electron chi connectivity index (χ4n) is 1.73. The van der Waals surface area contributed by atoms with Crippen LogP contribution in [0, 0.1) is 5.92 Å². The number of hydrogen-bond donors (Lipinski definition) is 1. The normalized spacial score (nSPS) is 20.1.